The second-order valence-electron chi connectivity index (χ2n) is 4.51. The number of nitrogens with one attached hydrogen (secondary N) is 1. The highest BCUT2D eigenvalue weighted by atomic mass is 16.7. The Morgan fingerprint density at radius 2 is 1.88 bits per heavy atom. The highest BCUT2D eigenvalue weighted by molar-refractivity contribution is 5.88. The molecule has 0 aliphatic carbocycles. The van der Waals surface area contributed by atoms with Crippen LogP contribution in [0.15, 0.2) is 0 Å². The molecular formula is C11H10N4O2. The monoisotopic (exact) mass is 230 g/mol. The molecule has 0 spiro atoms. The van der Waals surface area contributed by atoms with Gasteiger partial charge in [-0.05, 0) is 0 Å². The van der Waals surface area contributed by atoms with Crippen molar-refractivity contribution in [3.8, 4) is 18.2 Å². The van der Waals surface area contributed by atoms with Crippen LogP contribution in [0.2, 0.25) is 0 Å². The topological polar surface area (TPSA) is 114 Å². The lowest BCUT2D eigenvalue weighted by Crippen LogP contribution is -2.56. The van der Waals surface area contributed by atoms with Crippen molar-refractivity contribution in [2.75, 3.05) is 6.61 Å². The third-order valence-corrected chi connectivity index (χ3v) is 3.91. The van der Waals surface area contributed by atoms with Gasteiger partial charge in [-0.2, -0.15) is 15.8 Å². The van der Waals surface area contributed by atoms with Gasteiger partial charge >= 0.3 is 0 Å². The summed E-state index contributed by atoms with van der Waals surface area (Å²) in [4.78, 5) is 0. The minimum absolute atomic E-state index is 0.225. The van der Waals surface area contributed by atoms with Crippen LogP contribution in [0.25, 0.3) is 0 Å². The zero-order valence-corrected chi connectivity index (χ0v) is 9.44. The molecule has 0 unspecified atom stereocenters. The molecule has 2 bridgehead atoms. The maximum absolute atomic E-state index is 9.39. The Morgan fingerprint density at radius 1 is 1.29 bits per heavy atom. The normalized spacial score (nSPS) is 41.8. The standard InChI is InChI=1S/C11H10N4O2/c1-7-9(2)16-6-10(3-12,4-13)11(7,5-14)8(15)17-9/h7,15H,6H2,1-2H3/t7-,9-,11+/m0/s1. The summed E-state index contributed by atoms with van der Waals surface area (Å²) >= 11 is 0. The molecule has 0 aromatic rings. The van der Waals surface area contributed by atoms with Crippen LogP contribution in [-0.4, -0.2) is 18.3 Å². The summed E-state index contributed by atoms with van der Waals surface area (Å²) in [5.74, 6) is -2.01. The number of nitrogens with zero attached hydrogens (tertiary/aromatic N) is 3. The number of ether oxygens (including phenoxy) is 2. The van der Waals surface area contributed by atoms with Crippen molar-refractivity contribution in [2.24, 2.45) is 16.7 Å². The summed E-state index contributed by atoms with van der Waals surface area (Å²) in [5.41, 5.74) is -3.24. The summed E-state index contributed by atoms with van der Waals surface area (Å²) in [6.07, 6.45) is 0. The first-order valence-electron chi connectivity index (χ1n) is 5.08. The largest absolute Gasteiger partial charge is 0.448 e. The van der Waals surface area contributed by atoms with Crippen molar-refractivity contribution in [3.63, 3.8) is 0 Å². The van der Waals surface area contributed by atoms with E-state index in [0.29, 0.717) is 0 Å². The van der Waals surface area contributed by atoms with Crippen LogP contribution in [0.1, 0.15) is 13.8 Å². The molecule has 6 nitrogen and oxygen atoms in total. The third kappa shape index (κ3) is 0.934. The zero-order valence-electron chi connectivity index (χ0n) is 9.44. The molecule has 2 fully saturated rings. The number of rotatable bonds is 0. The molecular weight excluding hydrogens is 220 g/mol. The van der Waals surface area contributed by atoms with Crippen LogP contribution in [-0.2, 0) is 9.47 Å². The highest BCUT2D eigenvalue weighted by Crippen LogP contribution is 2.59. The quantitative estimate of drug-likeness (QED) is 0.664. The van der Waals surface area contributed by atoms with Crippen LogP contribution in [0.5, 0.6) is 0 Å². The number of hydrogen-bond donors (Lipinski definition) is 1. The molecule has 0 aromatic carbocycles. The average molecular weight is 230 g/mol. The van der Waals surface area contributed by atoms with Gasteiger partial charge in [-0.25, -0.2) is 0 Å². The van der Waals surface area contributed by atoms with Crippen LogP contribution in [0.4, 0.5) is 0 Å². The van der Waals surface area contributed by atoms with E-state index in [0.717, 1.165) is 0 Å². The molecule has 0 amide bonds. The Morgan fingerprint density at radius 3 is 2.35 bits per heavy atom. The lowest BCUT2D eigenvalue weighted by molar-refractivity contribution is -0.230. The Kier molecular flexibility index (Phi) is 1.99. The van der Waals surface area contributed by atoms with E-state index in [9.17, 15) is 15.8 Å². The number of hydrogen-bond acceptors (Lipinski definition) is 6. The van der Waals surface area contributed by atoms with Gasteiger partial charge < -0.3 is 9.47 Å². The summed E-state index contributed by atoms with van der Waals surface area (Å²) in [5, 5.41) is 35.7. The Balaban J connectivity index is 2.74. The van der Waals surface area contributed by atoms with Crippen molar-refractivity contribution in [1.82, 2.24) is 0 Å². The smallest absolute Gasteiger partial charge is 0.214 e. The van der Waals surface area contributed by atoms with E-state index in [4.69, 9.17) is 14.9 Å². The molecule has 6 heteroatoms. The molecule has 2 aliphatic rings. The first-order chi connectivity index (χ1) is 7.92. The second-order valence-corrected chi connectivity index (χ2v) is 4.51. The van der Waals surface area contributed by atoms with Crippen molar-refractivity contribution in [1.29, 1.82) is 21.2 Å². The van der Waals surface area contributed by atoms with Crippen molar-refractivity contribution in [2.45, 2.75) is 19.6 Å². The van der Waals surface area contributed by atoms with E-state index in [1.54, 1.807) is 13.8 Å². The zero-order chi connectivity index (χ0) is 12.9. The summed E-state index contributed by atoms with van der Waals surface area (Å²) in [6.45, 7) is 3.05. The van der Waals surface area contributed by atoms with E-state index in [-0.39, 0.29) is 12.5 Å². The predicted molar refractivity (Wildman–Crippen MR) is 54.0 cm³/mol. The van der Waals surface area contributed by atoms with Gasteiger partial charge in [0.25, 0.3) is 0 Å². The maximum Gasteiger partial charge on any atom is 0.214 e. The van der Waals surface area contributed by atoms with E-state index in [1.165, 1.54) is 0 Å². The number of fused-ring (bicyclic) bond motifs is 2. The van der Waals surface area contributed by atoms with Gasteiger partial charge in [0.2, 0.25) is 11.7 Å². The molecule has 0 saturated carbocycles. The van der Waals surface area contributed by atoms with Gasteiger partial charge in [0.1, 0.15) is 0 Å². The molecule has 2 saturated heterocycles. The molecule has 3 atom stereocenters. The predicted octanol–water partition coefficient (Wildman–Crippen LogP) is 0.920. The fourth-order valence-corrected chi connectivity index (χ4v) is 2.55. The highest BCUT2D eigenvalue weighted by Gasteiger charge is 2.74. The van der Waals surface area contributed by atoms with Crippen molar-refractivity contribution in [3.05, 3.63) is 0 Å². The fraction of sp³-hybridized carbons (Fsp3) is 0.636. The van der Waals surface area contributed by atoms with Crippen LogP contribution < -0.4 is 0 Å². The van der Waals surface area contributed by atoms with Gasteiger partial charge in [0.15, 0.2) is 10.8 Å². The first kappa shape index (κ1) is 11.4. The minimum Gasteiger partial charge on any atom is -0.448 e. The summed E-state index contributed by atoms with van der Waals surface area (Å²) in [6, 6.07) is 5.62. The van der Waals surface area contributed by atoms with Gasteiger partial charge in [-0.3, -0.25) is 5.41 Å². The molecule has 2 aliphatic heterocycles. The van der Waals surface area contributed by atoms with Gasteiger partial charge in [0.05, 0.1) is 30.7 Å². The van der Waals surface area contributed by atoms with Gasteiger partial charge in [-0.1, -0.05) is 6.92 Å². The van der Waals surface area contributed by atoms with Gasteiger partial charge in [-0.15, -0.1) is 0 Å². The lowest BCUT2D eigenvalue weighted by Gasteiger charge is -2.42. The van der Waals surface area contributed by atoms with E-state index >= 15 is 0 Å². The van der Waals surface area contributed by atoms with Gasteiger partial charge in [0, 0.05) is 6.92 Å². The minimum atomic E-state index is -1.69. The van der Waals surface area contributed by atoms with Crippen LogP contribution in [0, 0.1) is 56.2 Å². The first-order valence-corrected chi connectivity index (χ1v) is 5.08. The Bertz CT molecular complexity index is 509. The average Bonchev–Trinajstić information content (AvgIpc) is 2.46. The number of nitriles is 3. The fourth-order valence-electron chi connectivity index (χ4n) is 2.55. The van der Waals surface area contributed by atoms with E-state index < -0.39 is 22.5 Å². The second kappa shape index (κ2) is 2.97. The van der Waals surface area contributed by atoms with Crippen molar-refractivity contribution >= 4 is 5.90 Å². The van der Waals surface area contributed by atoms with E-state index in [1.807, 2.05) is 18.2 Å². The third-order valence-electron chi connectivity index (χ3n) is 3.91. The molecule has 2 heterocycles. The molecule has 17 heavy (non-hydrogen) atoms. The molecule has 0 radical (unpaired) electrons. The van der Waals surface area contributed by atoms with Crippen LogP contribution in [0.3, 0.4) is 0 Å². The SMILES string of the molecule is C[C@H]1[C@@]2(C)OCC(C#N)(C#N)[C@@]1(C#N)C(=N)O2. The Hall–Kier alpha value is -2.10. The molecule has 0 aromatic heterocycles. The Labute approximate surface area is 98.5 Å². The molecule has 86 valence electrons. The molecule has 2 rings (SSSR count). The van der Waals surface area contributed by atoms with Crippen molar-refractivity contribution < 1.29 is 9.47 Å². The lowest BCUT2D eigenvalue weighted by atomic mass is 9.57. The summed E-state index contributed by atoms with van der Waals surface area (Å²) < 4.78 is 10.7. The van der Waals surface area contributed by atoms with E-state index in [2.05, 4.69) is 0 Å². The van der Waals surface area contributed by atoms with Crippen LogP contribution >= 0.6 is 0 Å². The molecule has 1 N–H and O–H groups in total. The maximum atomic E-state index is 9.39. The summed E-state index contributed by atoms with van der Waals surface area (Å²) in [7, 11) is 0.